The summed E-state index contributed by atoms with van der Waals surface area (Å²) in [6.07, 6.45) is 5.90. The van der Waals surface area contributed by atoms with Crippen LogP contribution in [-0.4, -0.2) is 61.7 Å². The van der Waals surface area contributed by atoms with Crippen LogP contribution < -0.4 is 5.32 Å². The molecule has 0 amide bonds. The highest BCUT2D eigenvalue weighted by Crippen LogP contribution is 2.37. The molecular weight excluding hydrogens is 248 g/mol. The summed E-state index contributed by atoms with van der Waals surface area (Å²) >= 11 is 0. The van der Waals surface area contributed by atoms with E-state index < -0.39 is 0 Å². The Kier molecular flexibility index (Phi) is 5.42. The van der Waals surface area contributed by atoms with Gasteiger partial charge in [-0.15, -0.1) is 0 Å². The summed E-state index contributed by atoms with van der Waals surface area (Å²) in [6.45, 7) is 6.58. The smallest absolute Gasteiger partial charge is 0.109 e. The Bertz CT molecular complexity index is 349. The van der Waals surface area contributed by atoms with E-state index in [1.54, 1.807) is 0 Å². The number of nitrogens with zero attached hydrogens (tertiary/aromatic N) is 3. The van der Waals surface area contributed by atoms with E-state index in [1.165, 1.54) is 38.8 Å². The summed E-state index contributed by atoms with van der Waals surface area (Å²) in [4.78, 5) is 4.92. The molecule has 0 bridgehead atoms. The first-order valence-electron chi connectivity index (χ1n) is 8.16. The first-order chi connectivity index (χ1) is 9.61. The highest BCUT2D eigenvalue weighted by Gasteiger charge is 2.42. The Hall–Kier alpha value is -0.630. The predicted octanol–water partition coefficient (Wildman–Crippen LogP) is 1.68. The van der Waals surface area contributed by atoms with Crippen molar-refractivity contribution in [3.63, 3.8) is 0 Å². The van der Waals surface area contributed by atoms with Crippen LogP contribution in [0.25, 0.3) is 0 Å². The van der Waals surface area contributed by atoms with E-state index in [0.717, 1.165) is 19.5 Å². The molecule has 114 valence electrons. The molecule has 1 aliphatic heterocycles. The maximum Gasteiger partial charge on any atom is 0.109 e. The Morgan fingerprint density at radius 2 is 2.20 bits per heavy atom. The lowest BCUT2D eigenvalue weighted by Crippen LogP contribution is -2.47. The second kappa shape index (κ2) is 6.89. The number of likely N-dealkylation sites (N-methyl/N-ethyl adjacent to an activating group) is 1. The lowest BCUT2D eigenvalue weighted by molar-refractivity contribution is 0.233. The number of rotatable bonds is 6. The molecule has 4 heteroatoms. The Labute approximate surface area is 124 Å². The number of nitriles is 1. The molecule has 2 rings (SSSR count). The highest BCUT2D eigenvalue weighted by molar-refractivity contribution is 5.14. The van der Waals surface area contributed by atoms with Crippen molar-refractivity contribution >= 4 is 0 Å². The van der Waals surface area contributed by atoms with Crippen LogP contribution in [0.5, 0.6) is 0 Å². The number of nitrogens with one attached hydrogen (secondary N) is 1. The molecule has 3 atom stereocenters. The Morgan fingerprint density at radius 1 is 1.40 bits per heavy atom. The van der Waals surface area contributed by atoms with E-state index in [2.05, 4.69) is 42.2 Å². The molecule has 1 saturated heterocycles. The third kappa shape index (κ3) is 3.33. The minimum atomic E-state index is -0.241. The fourth-order valence-corrected chi connectivity index (χ4v) is 3.98. The van der Waals surface area contributed by atoms with Crippen LogP contribution in [-0.2, 0) is 0 Å². The standard InChI is InChI=1S/C16H30N4/c1-4-18-16(13-17)9-5-6-14(16)7-10-20-11-8-15(12-20)19(2)3/h14-15,18H,4-12H2,1-3H3. The van der Waals surface area contributed by atoms with Gasteiger partial charge in [-0.1, -0.05) is 13.3 Å². The van der Waals surface area contributed by atoms with E-state index >= 15 is 0 Å². The summed E-state index contributed by atoms with van der Waals surface area (Å²) < 4.78 is 0. The average molecular weight is 278 g/mol. The van der Waals surface area contributed by atoms with Gasteiger partial charge in [0.25, 0.3) is 0 Å². The normalized spacial score (nSPS) is 34.8. The molecule has 1 N–H and O–H groups in total. The van der Waals surface area contributed by atoms with E-state index in [0.29, 0.717) is 12.0 Å². The van der Waals surface area contributed by atoms with Gasteiger partial charge in [0.15, 0.2) is 0 Å². The summed E-state index contributed by atoms with van der Waals surface area (Å²) in [5, 5.41) is 13.1. The Balaban J connectivity index is 1.83. The van der Waals surface area contributed by atoms with Crippen molar-refractivity contribution in [3.05, 3.63) is 0 Å². The molecule has 20 heavy (non-hydrogen) atoms. The number of hydrogen-bond acceptors (Lipinski definition) is 4. The summed E-state index contributed by atoms with van der Waals surface area (Å²) in [5.41, 5.74) is -0.241. The van der Waals surface area contributed by atoms with Gasteiger partial charge in [0.1, 0.15) is 5.54 Å². The van der Waals surface area contributed by atoms with Crippen LogP contribution >= 0.6 is 0 Å². The van der Waals surface area contributed by atoms with Crippen LogP contribution in [0, 0.1) is 17.2 Å². The zero-order chi connectivity index (χ0) is 14.6. The molecule has 2 aliphatic rings. The van der Waals surface area contributed by atoms with Gasteiger partial charge in [0, 0.05) is 12.6 Å². The summed E-state index contributed by atoms with van der Waals surface area (Å²) in [6, 6.07) is 3.31. The zero-order valence-electron chi connectivity index (χ0n) is 13.4. The monoisotopic (exact) mass is 278 g/mol. The van der Waals surface area contributed by atoms with Gasteiger partial charge in [0.2, 0.25) is 0 Å². The van der Waals surface area contributed by atoms with E-state index in [9.17, 15) is 5.26 Å². The van der Waals surface area contributed by atoms with E-state index in [-0.39, 0.29) is 5.54 Å². The number of likely N-dealkylation sites (tertiary alicyclic amines) is 1. The minimum absolute atomic E-state index is 0.241. The van der Waals surface area contributed by atoms with Crippen LogP contribution in [0.15, 0.2) is 0 Å². The Morgan fingerprint density at radius 3 is 2.80 bits per heavy atom. The van der Waals surface area contributed by atoms with Gasteiger partial charge >= 0.3 is 0 Å². The molecule has 1 heterocycles. The molecule has 1 aliphatic carbocycles. The van der Waals surface area contributed by atoms with Crippen molar-refractivity contribution in [2.24, 2.45) is 5.92 Å². The SMILES string of the molecule is CCNC1(C#N)CCCC1CCN1CCC(N(C)C)C1. The molecule has 0 aromatic heterocycles. The van der Waals surface area contributed by atoms with Crippen molar-refractivity contribution in [2.75, 3.05) is 40.3 Å². The van der Waals surface area contributed by atoms with E-state index in [4.69, 9.17) is 0 Å². The first kappa shape index (κ1) is 15.8. The van der Waals surface area contributed by atoms with Gasteiger partial charge in [-0.2, -0.15) is 5.26 Å². The largest absolute Gasteiger partial charge is 0.305 e. The summed E-state index contributed by atoms with van der Waals surface area (Å²) in [5.74, 6) is 0.533. The van der Waals surface area contributed by atoms with Gasteiger partial charge in [-0.05, 0) is 65.3 Å². The van der Waals surface area contributed by atoms with Gasteiger partial charge < -0.3 is 9.80 Å². The maximum atomic E-state index is 9.59. The minimum Gasteiger partial charge on any atom is -0.305 e. The predicted molar refractivity (Wildman–Crippen MR) is 82.5 cm³/mol. The molecular formula is C16H30N4. The van der Waals surface area contributed by atoms with Gasteiger partial charge in [-0.25, -0.2) is 0 Å². The van der Waals surface area contributed by atoms with Crippen molar-refractivity contribution in [1.82, 2.24) is 15.1 Å². The van der Waals surface area contributed by atoms with Crippen molar-refractivity contribution in [1.29, 1.82) is 5.26 Å². The molecule has 0 radical (unpaired) electrons. The fourth-order valence-electron chi connectivity index (χ4n) is 3.98. The molecule has 0 spiro atoms. The van der Waals surface area contributed by atoms with Crippen LogP contribution in [0.3, 0.4) is 0 Å². The maximum absolute atomic E-state index is 9.59. The first-order valence-corrected chi connectivity index (χ1v) is 8.16. The molecule has 1 saturated carbocycles. The lowest BCUT2D eigenvalue weighted by Gasteiger charge is -2.31. The average Bonchev–Trinajstić information content (AvgIpc) is 3.04. The van der Waals surface area contributed by atoms with Gasteiger partial charge in [-0.3, -0.25) is 5.32 Å². The summed E-state index contributed by atoms with van der Waals surface area (Å²) in [7, 11) is 4.36. The molecule has 0 aromatic rings. The topological polar surface area (TPSA) is 42.3 Å². The van der Waals surface area contributed by atoms with Crippen molar-refractivity contribution in [2.45, 2.75) is 50.6 Å². The van der Waals surface area contributed by atoms with Crippen LogP contribution in [0.1, 0.15) is 39.0 Å². The molecule has 2 fully saturated rings. The van der Waals surface area contributed by atoms with Crippen molar-refractivity contribution in [3.8, 4) is 6.07 Å². The molecule has 4 nitrogen and oxygen atoms in total. The lowest BCUT2D eigenvalue weighted by atomic mass is 9.85. The second-order valence-corrected chi connectivity index (χ2v) is 6.70. The third-order valence-electron chi connectivity index (χ3n) is 5.28. The quantitative estimate of drug-likeness (QED) is 0.803. The van der Waals surface area contributed by atoms with Crippen LogP contribution in [0.2, 0.25) is 0 Å². The third-order valence-corrected chi connectivity index (χ3v) is 5.28. The second-order valence-electron chi connectivity index (χ2n) is 6.70. The van der Waals surface area contributed by atoms with E-state index in [1.807, 2.05) is 0 Å². The number of hydrogen-bond donors (Lipinski definition) is 1. The fraction of sp³-hybridized carbons (Fsp3) is 0.938. The van der Waals surface area contributed by atoms with Crippen LogP contribution in [0.4, 0.5) is 0 Å². The molecule has 3 unspecified atom stereocenters. The molecule has 0 aromatic carbocycles. The zero-order valence-corrected chi connectivity index (χ0v) is 13.4. The van der Waals surface area contributed by atoms with Gasteiger partial charge in [0.05, 0.1) is 6.07 Å². The van der Waals surface area contributed by atoms with Crippen molar-refractivity contribution < 1.29 is 0 Å². The highest BCUT2D eigenvalue weighted by atomic mass is 15.2.